The number of benzene rings is 2. The lowest BCUT2D eigenvalue weighted by molar-refractivity contribution is 0.482. The van der Waals surface area contributed by atoms with E-state index in [4.69, 9.17) is 4.74 Å². The molecule has 0 saturated carbocycles. The zero-order valence-corrected chi connectivity index (χ0v) is 8.18. The minimum Gasteiger partial charge on any atom is -0.464 e. The molecule has 1 aliphatic rings. The van der Waals surface area contributed by atoms with Crippen LogP contribution in [0.25, 0.3) is 16.8 Å². The summed E-state index contributed by atoms with van der Waals surface area (Å²) in [5.74, 6) is 0.915. The van der Waals surface area contributed by atoms with Crippen LogP contribution in [0.2, 0.25) is 0 Å². The first kappa shape index (κ1) is 8.30. The van der Waals surface area contributed by atoms with E-state index in [0.29, 0.717) is 0 Å². The predicted molar refractivity (Wildman–Crippen MR) is 62.8 cm³/mol. The highest BCUT2D eigenvalue weighted by Gasteiger charge is 2.03. The van der Waals surface area contributed by atoms with Crippen molar-refractivity contribution in [1.82, 2.24) is 0 Å². The highest BCUT2D eigenvalue weighted by atomic mass is 16.5. The molecule has 0 spiro atoms. The first-order valence-electron chi connectivity index (χ1n) is 4.96. The highest BCUT2D eigenvalue weighted by molar-refractivity contribution is 5.87. The maximum atomic E-state index is 5.51. The van der Waals surface area contributed by atoms with Crippen molar-refractivity contribution in [2.24, 2.45) is 0 Å². The second-order valence-corrected chi connectivity index (χ2v) is 3.54. The van der Waals surface area contributed by atoms with E-state index in [-0.39, 0.29) is 0 Å². The molecule has 0 N–H and O–H groups in total. The molecule has 0 atom stereocenters. The molecule has 1 aliphatic heterocycles. The molecule has 1 heteroatoms. The highest BCUT2D eigenvalue weighted by Crippen LogP contribution is 2.28. The van der Waals surface area contributed by atoms with Crippen LogP contribution in [0.15, 0.2) is 54.8 Å². The number of hydrogen-bond acceptors (Lipinski definition) is 1. The summed E-state index contributed by atoms with van der Waals surface area (Å²) in [6, 6.07) is 12.5. The van der Waals surface area contributed by atoms with Crippen molar-refractivity contribution in [1.29, 1.82) is 0 Å². The van der Waals surface area contributed by atoms with Crippen LogP contribution in [0.3, 0.4) is 0 Å². The Morgan fingerprint density at radius 1 is 0.867 bits per heavy atom. The Labute approximate surface area is 88.3 Å². The maximum absolute atomic E-state index is 5.51. The second-order valence-electron chi connectivity index (χ2n) is 3.54. The first-order chi connectivity index (χ1) is 7.43. The molecule has 1 heterocycles. The third-order valence-electron chi connectivity index (χ3n) is 2.54. The molecule has 0 amide bonds. The molecule has 0 fully saturated rings. The van der Waals surface area contributed by atoms with Gasteiger partial charge in [-0.25, -0.2) is 0 Å². The number of hydrogen-bond donors (Lipinski definition) is 0. The molecule has 15 heavy (non-hydrogen) atoms. The fourth-order valence-corrected chi connectivity index (χ4v) is 1.79. The topological polar surface area (TPSA) is 9.23 Å². The third kappa shape index (κ3) is 1.42. The smallest absolute Gasteiger partial charge is 0.134 e. The van der Waals surface area contributed by atoms with Crippen LogP contribution in [0.4, 0.5) is 0 Å². The van der Waals surface area contributed by atoms with Gasteiger partial charge in [-0.2, -0.15) is 0 Å². The SMILES string of the molecule is C1=COc2cc3ccccc3cc2C=C1. The van der Waals surface area contributed by atoms with Crippen LogP contribution < -0.4 is 4.74 Å². The van der Waals surface area contributed by atoms with Crippen molar-refractivity contribution in [3.05, 3.63) is 60.4 Å². The van der Waals surface area contributed by atoms with E-state index in [1.165, 1.54) is 10.8 Å². The van der Waals surface area contributed by atoms with Crippen molar-refractivity contribution in [3.63, 3.8) is 0 Å². The van der Waals surface area contributed by atoms with E-state index in [1.54, 1.807) is 6.26 Å². The van der Waals surface area contributed by atoms with Gasteiger partial charge in [0.1, 0.15) is 5.75 Å². The molecular formula is C14H10O. The number of ether oxygens (including phenoxy) is 1. The van der Waals surface area contributed by atoms with Gasteiger partial charge in [-0.05, 0) is 29.0 Å². The van der Waals surface area contributed by atoms with Gasteiger partial charge in [0.05, 0.1) is 6.26 Å². The Bertz CT molecular complexity index is 565. The first-order valence-corrected chi connectivity index (χ1v) is 4.96. The minimum absolute atomic E-state index is 0.915. The molecule has 0 aliphatic carbocycles. The second kappa shape index (κ2) is 3.28. The molecule has 0 unspecified atom stereocenters. The summed E-state index contributed by atoms with van der Waals surface area (Å²) in [5.41, 5.74) is 1.12. The van der Waals surface area contributed by atoms with E-state index < -0.39 is 0 Å². The van der Waals surface area contributed by atoms with Gasteiger partial charge in [-0.1, -0.05) is 36.4 Å². The fraction of sp³-hybridized carbons (Fsp3) is 0. The average Bonchev–Trinajstić information content (AvgIpc) is 2.50. The van der Waals surface area contributed by atoms with Crippen molar-refractivity contribution < 1.29 is 4.74 Å². The van der Waals surface area contributed by atoms with Gasteiger partial charge in [-0.15, -0.1) is 0 Å². The summed E-state index contributed by atoms with van der Waals surface area (Å²) in [4.78, 5) is 0. The Hall–Kier alpha value is -2.02. The van der Waals surface area contributed by atoms with Crippen LogP contribution in [0, 0.1) is 0 Å². The van der Waals surface area contributed by atoms with Crippen LogP contribution in [0.1, 0.15) is 5.56 Å². The molecule has 3 rings (SSSR count). The van der Waals surface area contributed by atoms with Gasteiger partial charge in [0.25, 0.3) is 0 Å². The maximum Gasteiger partial charge on any atom is 0.134 e. The van der Waals surface area contributed by atoms with Crippen LogP contribution >= 0.6 is 0 Å². The minimum atomic E-state index is 0.915. The Morgan fingerprint density at radius 3 is 2.53 bits per heavy atom. The Balaban J connectivity index is 2.31. The average molecular weight is 194 g/mol. The van der Waals surface area contributed by atoms with E-state index in [0.717, 1.165) is 11.3 Å². The Morgan fingerprint density at radius 2 is 1.67 bits per heavy atom. The predicted octanol–water partition coefficient (Wildman–Crippen LogP) is 3.76. The zero-order valence-electron chi connectivity index (χ0n) is 8.18. The lowest BCUT2D eigenvalue weighted by atomic mass is 10.1. The molecule has 0 saturated heterocycles. The van der Waals surface area contributed by atoms with Crippen molar-refractivity contribution in [3.8, 4) is 5.75 Å². The fourth-order valence-electron chi connectivity index (χ4n) is 1.79. The van der Waals surface area contributed by atoms with Crippen molar-refractivity contribution in [2.45, 2.75) is 0 Å². The molecule has 0 bridgehead atoms. The quantitative estimate of drug-likeness (QED) is 0.620. The van der Waals surface area contributed by atoms with Crippen molar-refractivity contribution >= 4 is 16.8 Å². The van der Waals surface area contributed by atoms with E-state index >= 15 is 0 Å². The monoisotopic (exact) mass is 194 g/mol. The third-order valence-corrected chi connectivity index (χ3v) is 2.54. The summed E-state index contributed by atoms with van der Waals surface area (Å²) < 4.78 is 5.51. The largest absolute Gasteiger partial charge is 0.464 e. The normalized spacial score (nSPS) is 13.3. The lowest BCUT2D eigenvalue weighted by Gasteiger charge is -2.06. The van der Waals surface area contributed by atoms with E-state index in [2.05, 4.69) is 30.3 Å². The van der Waals surface area contributed by atoms with Crippen molar-refractivity contribution in [2.75, 3.05) is 0 Å². The summed E-state index contributed by atoms with van der Waals surface area (Å²) in [7, 11) is 0. The molecule has 2 aromatic rings. The lowest BCUT2D eigenvalue weighted by Crippen LogP contribution is -1.85. The van der Waals surface area contributed by atoms with Gasteiger partial charge in [0, 0.05) is 5.56 Å². The van der Waals surface area contributed by atoms with E-state index in [9.17, 15) is 0 Å². The standard InChI is InChI=1S/C14H10O/c1-2-6-12-10-14-13(9-11(12)5-1)7-3-4-8-15-14/h1-10H. The van der Waals surface area contributed by atoms with Gasteiger partial charge >= 0.3 is 0 Å². The van der Waals surface area contributed by atoms with Gasteiger partial charge < -0.3 is 4.74 Å². The zero-order chi connectivity index (χ0) is 10.1. The van der Waals surface area contributed by atoms with Gasteiger partial charge in [-0.3, -0.25) is 0 Å². The number of fused-ring (bicyclic) bond motifs is 2. The number of rotatable bonds is 0. The van der Waals surface area contributed by atoms with Crippen LogP contribution in [-0.4, -0.2) is 0 Å². The van der Waals surface area contributed by atoms with Crippen LogP contribution in [0.5, 0.6) is 5.75 Å². The molecule has 2 aromatic carbocycles. The summed E-state index contributed by atoms with van der Waals surface area (Å²) in [5, 5.41) is 2.45. The van der Waals surface area contributed by atoms with Gasteiger partial charge in [0.2, 0.25) is 0 Å². The summed E-state index contributed by atoms with van der Waals surface area (Å²) in [6.45, 7) is 0. The number of allylic oxidation sites excluding steroid dienone is 2. The summed E-state index contributed by atoms with van der Waals surface area (Å²) in [6.07, 6.45) is 7.65. The molecule has 72 valence electrons. The van der Waals surface area contributed by atoms with Crippen LogP contribution in [-0.2, 0) is 0 Å². The molecule has 1 nitrogen and oxygen atoms in total. The van der Waals surface area contributed by atoms with Gasteiger partial charge in [0.15, 0.2) is 0 Å². The van der Waals surface area contributed by atoms with E-state index in [1.807, 2.05) is 24.3 Å². The Kier molecular flexibility index (Phi) is 1.82. The molecular weight excluding hydrogens is 184 g/mol. The molecule has 0 radical (unpaired) electrons. The summed E-state index contributed by atoms with van der Waals surface area (Å²) >= 11 is 0. The molecule has 0 aromatic heterocycles.